The number of amides is 1. The molecule has 98 valence electrons. The zero-order valence-electron chi connectivity index (χ0n) is 9.71. The van der Waals surface area contributed by atoms with Crippen molar-refractivity contribution in [3.63, 3.8) is 0 Å². The predicted molar refractivity (Wildman–Crippen MR) is 65.2 cm³/mol. The quantitative estimate of drug-likeness (QED) is 0.288. The molecule has 0 bridgehead atoms. The summed E-state index contributed by atoms with van der Waals surface area (Å²) in [5.74, 6) is -2.45. The SMILES string of the molecule is CC(C)(C(=O)O)/[N+]([O-])=C(\C(N)=O)c1csc(N)n1. The summed E-state index contributed by atoms with van der Waals surface area (Å²) < 4.78 is 0.0339. The van der Waals surface area contributed by atoms with Gasteiger partial charge in [0.25, 0.3) is 5.54 Å². The Labute approximate surface area is 106 Å². The van der Waals surface area contributed by atoms with Gasteiger partial charge in [0, 0.05) is 19.2 Å². The fourth-order valence-corrected chi connectivity index (χ4v) is 1.64. The van der Waals surface area contributed by atoms with E-state index in [0.29, 0.717) is 0 Å². The standard InChI is InChI=1S/C9H12N4O4S/c1-9(2,7(15)16)13(17)5(6(10)14)4-3-18-8(11)12-4/h3H,1-2H3,(H2,10,14)(H2,11,12)(H,15,16)/b13-5+. The minimum atomic E-state index is -1.84. The molecular weight excluding hydrogens is 260 g/mol. The minimum absolute atomic E-state index is 0.0330. The summed E-state index contributed by atoms with van der Waals surface area (Å²) in [5.41, 5.74) is 8.07. The Morgan fingerprint density at radius 2 is 2.11 bits per heavy atom. The van der Waals surface area contributed by atoms with Gasteiger partial charge in [0.1, 0.15) is 0 Å². The Hall–Kier alpha value is -2.16. The number of hydroxylamine groups is 1. The van der Waals surface area contributed by atoms with Crippen LogP contribution in [0, 0.1) is 5.21 Å². The van der Waals surface area contributed by atoms with E-state index in [1.165, 1.54) is 5.38 Å². The molecule has 5 N–H and O–H groups in total. The summed E-state index contributed by atoms with van der Waals surface area (Å²) in [4.78, 5) is 26.0. The average Bonchev–Trinajstić information content (AvgIpc) is 2.64. The number of primary amides is 1. The monoisotopic (exact) mass is 272 g/mol. The number of nitrogens with zero attached hydrogens (tertiary/aromatic N) is 2. The van der Waals surface area contributed by atoms with Crippen molar-refractivity contribution in [2.45, 2.75) is 19.4 Å². The molecule has 9 heteroatoms. The first-order valence-electron chi connectivity index (χ1n) is 4.76. The number of carbonyl (C=O) groups excluding carboxylic acids is 1. The molecule has 0 saturated heterocycles. The highest BCUT2D eigenvalue weighted by molar-refractivity contribution is 7.13. The molecule has 1 aromatic rings. The third kappa shape index (κ3) is 2.40. The van der Waals surface area contributed by atoms with E-state index in [9.17, 15) is 14.8 Å². The van der Waals surface area contributed by atoms with Crippen LogP contribution >= 0.6 is 11.3 Å². The van der Waals surface area contributed by atoms with Gasteiger partial charge < -0.3 is 21.8 Å². The lowest BCUT2D eigenvalue weighted by atomic mass is 10.1. The van der Waals surface area contributed by atoms with Crippen LogP contribution in [0.25, 0.3) is 0 Å². The number of carboxylic acids is 1. The fraction of sp³-hybridized carbons (Fsp3) is 0.333. The van der Waals surface area contributed by atoms with Gasteiger partial charge in [0.15, 0.2) is 10.8 Å². The molecule has 1 rings (SSSR count). The van der Waals surface area contributed by atoms with Crippen molar-refractivity contribution in [2.24, 2.45) is 5.73 Å². The van der Waals surface area contributed by atoms with Crippen molar-refractivity contribution in [3.05, 3.63) is 16.3 Å². The molecule has 8 nitrogen and oxygen atoms in total. The molecule has 0 spiro atoms. The zero-order chi connectivity index (χ0) is 14.1. The number of nitrogens with two attached hydrogens (primary N) is 2. The van der Waals surface area contributed by atoms with Gasteiger partial charge in [0.2, 0.25) is 0 Å². The van der Waals surface area contributed by atoms with Gasteiger partial charge in [-0.25, -0.2) is 9.78 Å². The maximum absolute atomic E-state index is 12.0. The maximum atomic E-state index is 12.0. The largest absolute Gasteiger partial charge is 0.622 e. The van der Waals surface area contributed by atoms with Crippen LogP contribution in [-0.4, -0.2) is 38.0 Å². The second kappa shape index (κ2) is 4.61. The molecule has 0 aliphatic rings. The highest BCUT2D eigenvalue weighted by atomic mass is 32.1. The summed E-state index contributed by atoms with van der Waals surface area (Å²) in [6.45, 7) is 2.31. The Morgan fingerprint density at radius 3 is 2.44 bits per heavy atom. The van der Waals surface area contributed by atoms with Crippen LogP contribution in [0.5, 0.6) is 0 Å². The normalized spacial score (nSPS) is 13.0. The molecule has 0 fully saturated rings. The van der Waals surface area contributed by atoms with Crippen molar-refractivity contribution >= 4 is 34.1 Å². The van der Waals surface area contributed by atoms with Crippen molar-refractivity contribution in [3.8, 4) is 0 Å². The molecule has 0 atom stereocenters. The summed E-state index contributed by atoms with van der Waals surface area (Å²) in [6.07, 6.45) is 0. The van der Waals surface area contributed by atoms with Crippen LogP contribution in [0.3, 0.4) is 0 Å². The Kier molecular flexibility index (Phi) is 3.56. The maximum Gasteiger partial charge on any atom is 0.376 e. The third-order valence-corrected chi connectivity index (χ3v) is 2.91. The second-order valence-electron chi connectivity index (χ2n) is 3.94. The first kappa shape index (κ1) is 13.9. The Bertz CT molecular complexity index is 534. The van der Waals surface area contributed by atoms with E-state index < -0.39 is 23.1 Å². The molecule has 0 aliphatic heterocycles. The number of rotatable bonds is 4. The van der Waals surface area contributed by atoms with E-state index in [-0.39, 0.29) is 15.6 Å². The molecule has 0 unspecified atom stereocenters. The first-order valence-corrected chi connectivity index (χ1v) is 5.64. The summed E-state index contributed by atoms with van der Waals surface area (Å²) in [5, 5.41) is 22.4. The van der Waals surface area contributed by atoms with Crippen LogP contribution < -0.4 is 11.5 Å². The van der Waals surface area contributed by atoms with Crippen LogP contribution in [-0.2, 0) is 9.59 Å². The third-order valence-electron chi connectivity index (χ3n) is 2.23. The first-order chi connectivity index (χ1) is 8.17. The van der Waals surface area contributed by atoms with E-state index in [1.54, 1.807) is 0 Å². The highest BCUT2D eigenvalue weighted by Crippen LogP contribution is 2.15. The molecule has 0 aliphatic carbocycles. The predicted octanol–water partition coefficient (Wildman–Crippen LogP) is -0.627. The number of aliphatic carboxylic acids is 1. The van der Waals surface area contributed by atoms with Gasteiger partial charge in [-0.3, -0.25) is 4.79 Å². The number of hydrogen-bond acceptors (Lipinski definition) is 6. The van der Waals surface area contributed by atoms with Crippen LogP contribution in [0.1, 0.15) is 19.5 Å². The van der Waals surface area contributed by atoms with E-state index in [2.05, 4.69) is 4.98 Å². The minimum Gasteiger partial charge on any atom is -0.622 e. The Morgan fingerprint density at radius 1 is 1.56 bits per heavy atom. The van der Waals surface area contributed by atoms with Crippen molar-refractivity contribution in [1.29, 1.82) is 0 Å². The van der Waals surface area contributed by atoms with Crippen molar-refractivity contribution < 1.29 is 19.4 Å². The number of aromatic nitrogens is 1. The number of carbonyl (C=O) groups is 2. The average molecular weight is 272 g/mol. The summed E-state index contributed by atoms with van der Waals surface area (Å²) in [6, 6.07) is 0. The van der Waals surface area contributed by atoms with Crippen molar-refractivity contribution in [2.75, 3.05) is 5.73 Å². The molecule has 0 radical (unpaired) electrons. The lowest BCUT2D eigenvalue weighted by Crippen LogP contribution is -2.47. The molecular formula is C9H12N4O4S. The molecule has 1 amide bonds. The number of hydrogen-bond donors (Lipinski definition) is 3. The number of carboxylic acid groups (broad SMARTS) is 1. The van der Waals surface area contributed by atoms with E-state index in [1.807, 2.05) is 0 Å². The molecule has 18 heavy (non-hydrogen) atoms. The Balaban J connectivity index is 3.45. The van der Waals surface area contributed by atoms with Gasteiger partial charge in [-0.15, -0.1) is 11.3 Å². The van der Waals surface area contributed by atoms with Crippen LogP contribution in [0.15, 0.2) is 5.38 Å². The summed E-state index contributed by atoms with van der Waals surface area (Å²) >= 11 is 1.01. The lowest BCUT2D eigenvalue weighted by molar-refractivity contribution is -0.524. The smallest absolute Gasteiger partial charge is 0.376 e. The van der Waals surface area contributed by atoms with Gasteiger partial charge in [-0.2, -0.15) is 4.74 Å². The van der Waals surface area contributed by atoms with Crippen molar-refractivity contribution in [1.82, 2.24) is 4.98 Å². The molecule has 1 aromatic heterocycles. The van der Waals surface area contributed by atoms with E-state index in [4.69, 9.17) is 16.6 Å². The molecule has 0 aromatic carbocycles. The number of thiazole rings is 1. The molecule has 0 saturated carbocycles. The zero-order valence-corrected chi connectivity index (χ0v) is 10.5. The molecule has 1 heterocycles. The van der Waals surface area contributed by atoms with E-state index >= 15 is 0 Å². The van der Waals surface area contributed by atoms with Crippen LogP contribution in [0.4, 0.5) is 5.13 Å². The van der Waals surface area contributed by atoms with Gasteiger partial charge in [-0.1, -0.05) is 0 Å². The van der Waals surface area contributed by atoms with Crippen LogP contribution in [0.2, 0.25) is 0 Å². The van der Waals surface area contributed by atoms with Gasteiger partial charge >= 0.3 is 17.6 Å². The number of anilines is 1. The van der Waals surface area contributed by atoms with Gasteiger partial charge in [0.05, 0.1) is 0 Å². The lowest BCUT2D eigenvalue weighted by Gasteiger charge is -2.20. The highest BCUT2D eigenvalue weighted by Gasteiger charge is 2.40. The second-order valence-corrected chi connectivity index (χ2v) is 4.83. The fourth-order valence-electron chi connectivity index (χ4n) is 1.09. The van der Waals surface area contributed by atoms with E-state index in [0.717, 1.165) is 25.2 Å². The van der Waals surface area contributed by atoms with Gasteiger partial charge in [-0.05, 0) is 0 Å². The summed E-state index contributed by atoms with van der Waals surface area (Å²) in [7, 11) is 0. The number of nitrogen functional groups attached to an aromatic ring is 1. The topological polar surface area (TPSA) is 145 Å².